The van der Waals surface area contributed by atoms with Gasteiger partial charge in [-0.15, -0.1) is 0 Å². The van der Waals surface area contributed by atoms with E-state index >= 15 is 0 Å². The van der Waals surface area contributed by atoms with E-state index < -0.39 is 6.10 Å². The molecule has 0 spiro atoms. The van der Waals surface area contributed by atoms with Gasteiger partial charge < -0.3 is 19.5 Å². The minimum absolute atomic E-state index is 0.517. The number of anilines is 1. The standard InChI is InChI=1S/C16H26ClNO3/c1-4-20-10-8-18(9-11-21-5-2)16-7-6-14(13(3)19)12-15(16)17/h6-7,12-13,19H,4-5,8-11H2,1-3H3/t13-/m0/s1. The van der Waals surface area contributed by atoms with Crippen molar-refractivity contribution in [3.05, 3.63) is 28.8 Å². The smallest absolute Gasteiger partial charge is 0.0762 e. The summed E-state index contributed by atoms with van der Waals surface area (Å²) in [6, 6.07) is 5.67. The van der Waals surface area contributed by atoms with Gasteiger partial charge in [-0.25, -0.2) is 0 Å². The second-order valence-electron chi connectivity index (χ2n) is 4.77. The summed E-state index contributed by atoms with van der Waals surface area (Å²) in [5, 5.41) is 10.3. The minimum atomic E-state index is -0.517. The Balaban J connectivity index is 2.79. The van der Waals surface area contributed by atoms with Crippen LogP contribution in [0.5, 0.6) is 0 Å². The highest BCUT2D eigenvalue weighted by Crippen LogP contribution is 2.29. The highest BCUT2D eigenvalue weighted by molar-refractivity contribution is 6.33. The maximum atomic E-state index is 9.61. The van der Waals surface area contributed by atoms with E-state index in [0.29, 0.717) is 31.5 Å². The van der Waals surface area contributed by atoms with Gasteiger partial charge in [-0.1, -0.05) is 17.7 Å². The van der Waals surface area contributed by atoms with Gasteiger partial charge in [0, 0.05) is 26.3 Å². The van der Waals surface area contributed by atoms with E-state index in [1.165, 1.54) is 0 Å². The summed E-state index contributed by atoms with van der Waals surface area (Å²) >= 11 is 6.36. The van der Waals surface area contributed by atoms with Crippen LogP contribution >= 0.6 is 11.6 Å². The molecule has 0 aromatic heterocycles. The molecule has 120 valence electrons. The van der Waals surface area contributed by atoms with Gasteiger partial charge in [0.05, 0.1) is 30.0 Å². The Kier molecular flexibility index (Phi) is 8.69. The predicted octanol–water partition coefficient (Wildman–Crippen LogP) is 3.27. The van der Waals surface area contributed by atoms with Crippen LogP contribution in [-0.2, 0) is 9.47 Å². The Hall–Kier alpha value is -0.810. The number of ether oxygens (including phenoxy) is 2. The zero-order chi connectivity index (χ0) is 15.7. The summed E-state index contributed by atoms with van der Waals surface area (Å²) in [5.41, 5.74) is 1.76. The van der Waals surface area contributed by atoms with E-state index in [0.717, 1.165) is 24.3 Å². The predicted molar refractivity (Wildman–Crippen MR) is 87.3 cm³/mol. The summed E-state index contributed by atoms with van der Waals surface area (Å²) in [5.74, 6) is 0. The number of rotatable bonds is 10. The van der Waals surface area contributed by atoms with Crippen molar-refractivity contribution >= 4 is 17.3 Å². The van der Waals surface area contributed by atoms with Crippen molar-refractivity contribution < 1.29 is 14.6 Å². The molecule has 0 aliphatic carbocycles. The Morgan fingerprint density at radius 3 is 2.14 bits per heavy atom. The van der Waals surface area contributed by atoms with E-state index in [1.54, 1.807) is 6.92 Å². The molecule has 21 heavy (non-hydrogen) atoms. The fourth-order valence-electron chi connectivity index (χ4n) is 2.03. The van der Waals surface area contributed by atoms with Gasteiger partial charge >= 0.3 is 0 Å². The van der Waals surface area contributed by atoms with Crippen LogP contribution in [0.1, 0.15) is 32.4 Å². The van der Waals surface area contributed by atoms with Crippen molar-refractivity contribution in [2.75, 3.05) is 44.4 Å². The Bertz CT molecular complexity index is 403. The Labute approximate surface area is 132 Å². The van der Waals surface area contributed by atoms with Crippen LogP contribution in [0.3, 0.4) is 0 Å². The molecule has 0 heterocycles. The normalized spacial score (nSPS) is 12.4. The van der Waals surface area contributed by atoms with Crippen LogP contribution in [-0.4, -0.2) is 44.6 Å². The zero-order valence-corrected chi connectivity index (χ0v) is 13.9. The monoisotopic (exact) mass is 315 g/mol. The SMILES string of the molecule is CCOCCN(CCOCC)c1ccc([C@H](C)O)cc1Cl. The number of aliphatic hydroxyl groups excluding tert-OH is 1. The molecule has 0 fully saturated rings. The van der Waals surface area contributed by atoms with Crippen LogP contribution in [0, 0.1) is 0 Å². The average molecular weight is 316 g/mol. The zero-order valence-electron chi connectivity index (χ0n) is 13.1. The molecule has 0 aliphatic rings. The summed E-state index contributed by atoms with van der Waals surface area (Å²) < 4.78 is 10.9. The van der Waals surface area contributed by atoms with Gasteiger partial charge in [0.1, 0.15) is 0 Å². The van der Waals surface area contributed by atoms with Crippen molar-refractivity contribution in [3.8, 4) is 0 Å². The van der Waals surface area contributed by atoms with Gasteiger partial charge in [0.25, 0.3) is 0 Å². The Morgan fingerprint density at radius 1 is 1.14 bits per heavy atom. The van der Waals surface area contributed by atoms with Crippen molar-refractivity contribution in [2.45, 2.75) is 26.9 Å². The lowest BCUT2D eigenvalue weighted by molar-refractivity contribution is 0.141. The quantitative estimate of drug-likeness (QED) is 0.673. The topological polar surface area (TPSA) is 41.9 Å². The number of aliphatic hydroxyl groups is 1. The summed E-state index contributed by atoms with van der Waals surface area (Å²) in [6.45, 7) is 9.91. The first-order valence-corrected chi connectivity index (χ1v) is 7.85. The van der Waals surface area contributed by atoms with Crippen LogP contribution in [0.2, 0.25) is 5.02 Å². The molecule has 1 rings (SSSR count). The lowest BCUT2D eigenvalue weighted by Crippen LogP contribution is -2.31. The maximum absolute atomic E-state index is 9.61. The highest BCUT2D eigenvalue weighted by Gasteiger charge is 2.12. The first-order valence-electron chi connectivity index (χ1n) is 7.48. The molecule has 4 nitrogen and oxygen atoms in total. The van der Waals surface area contributed by atoms with Crippen LogP contribution in [0.4, 0.5) is 5.69 Å². The second kappa shape index (κ2) is 10.0. The number of hydrogen-bond acceptors (Lipinski definition) is 4. The summed E-state index contributed by atoms with van der Waals surface area (Å²) in [7, 11) is 0. The molecule has 0 radical (unpaired) electrons. The molecule has 1 N–H and O–H groups in total. The first-order chi connectivity index (χ1) is 10.1. The summed E-state index contributed by atoms with van der Waals surface area (Å²) in [6.07, 6.45) is -0.517. The van der Waals surface area contributed by atoms with Crippen LogP contribution < -0.4 is 4.90 Å². The molecule has 1 aromatic carbocycles. The average Bonchev–Trinajstić information content (AvgIpc) is 2.46. The third-order valence-electron chi connectivity index (χ3n) is 3.21. The molecule has 0 amide bonds. The molecule has 0 bridgehead atoms. The number of benzene rings is 1. The molecule has 0 aliphatic heterocycles. The second-order valence-corrected chi connectivity index (χ2v) is 5.17. The number of hydrogen-bond donors (Lipinski definition) is 1. The first kappa shape index (κ1) is 18.2. The summed E-state index contributed by atoms with van der Waals surface area (Å²) in [4.78, 5) is 2.15. The highest BCUT2D eigenvalue weighted by atomic mass is 35.5. The fourth-order valence-corrected chi connectivity index (χ4v) is 2.34. The van der Waals surface area contributed by atoms with Crippen LogP contribution in [0.25, 0.3) is 0 Å². The van der Waals surface area contributed by atoms with E-state index in [1.807, 2.05) is 32.0 Å². The van der Waals surface area contributed by atoms with E-state index in [-0.39, 0.29) is 0 Å². The van der Waals surface area contributed by atoms with E-state index in [2.05, 4.69) is 4.90 Å². The number of halogens is 1. The van der Waals surface area contributed by atoms with Crippen molar-refractivity contribution in [1.29, 1.82) is 0 Å². The van der Waals surface area contributed by atoms with E-state index in [9.17, 15) is 5.11 Å². The maximum Gasteiger partial charge on any atom is 0.0762 e. The van der Waals surface area contributed by atoms with Gasteiger partial charge in [-0.05, 0) is 38.5 Å². The van der Waals surface area contributed by atoms with Crippen molar-refractivity contribution in [2.24, 2.45) is 0 Å². The molecule has 1 atom stereocenters. The Morgan fingerprint density at radius 2 is 1.71 bits per heavy atom. The van der Waals surface area contributed by atoms with Crippen molar-refractivity contribution in [1.82, 2.24) is 0 Å². The molecular formula is C16H26ClNO3. The molecule has 0 saturated carbocycles. The molecular weight excluding hydrogens is 290 g/mol. The minimum Gasteiger partial charge on any atom is -0.389 e. The number of nitrogens with zero attached hydrogens (tertiary/aromatic N) is 1. The lowest BCUT2D eigenvalue weighted by atomic mass is 10.1. The molecule has 1 aromatic rings. The molecule has 0 unspecified atom stereocenters. The third kappa shape index (κ3) is 6.22. The van der Waals surface area contributed by atoms with Gasteiger partial charge in [-0.3, -0.25) is 0 Å². The van der Waals surface area contributed by atoms with E-state index in [4.69, 9.17) is 21.1 Å². The third-order valence-corrected chi connectivity index (χ3v) is 3.52. The van der Waals surface area contributed by atoms with Crippen molar-refractivity contribution in [3.63, 3.8) is 0 Å². The largest absolute Gasteiger partial charge is 0.389 e. The molecule has 5 heteroatoms. The van der Waals surface area contributed by atoms with Gasteiger partial charge in [-0.2, -0.15) is 0 Å². The van der Waals surface area contributed by atoms with Crippen LogP contribution in [0.15, 0.2) is 18.2 Å². The lowest BCUT2D eigenvalue weighted by Gasteiger charge is -2.26. The van der Waals surface area contributed by atoms with Gasteiger partial charge in [0.2, 0.25) is 0 Å². The molecule has 0 saturated heterocycles. The fraction of sp³-hybridized carbons (Fsp3) is 0.625. The van der Waals surface area contributed by atoms with Gasteiger partial charge in [0.15, 0.2) is 0 Å².